The van der Waals surface area contributed by atoms with Gasteiger partial charge in [-0.05, 0) is 24.6 Å². The average molecular weight is 306 g/mol. The minimum Gasteiger partial charge on any atom is -0.258 e. The normalized spacial score (nSPS) is 11.2. The van der Waals surface area contributed by atoms with Gasteiger partial charge in [-0.2, -0.15) is 5.26 Å². The van der Waals surface area contributed by atoms with Crippen molar-refractivity contribution < 1.29 is 4.92 Å². The van der Waals surface area contributed by atoms with Crippen molar-refractivity contribution in [1.29, 1.82) is 5.26 Å². The Morgan fingerprint density at radius 1 is 1.60 bits per heavy atom. The van der Waals surface area contributed by atoms with Crippen LogP contribution in [0.3, 0.4) is 0 Å². The second-order valence-electron chi connectivity index (χ2n) is 3.93. The Balaban J connectivity index is 2.46. The van der Waals surface area contributed by atoms with E-state index < -0.39 is 4.92 Å². The summed E-state index contributed by atoms with van der Waals surface area (Å²) in [6.07, 6.45) is 1.56. The maximum absolute atomic E-state index is 10.8. The molecule has 2 aromatic rings. The fraction of sp³-hybridized carbons (Fsp3) is 0.0769. The van der Waals surface area contributed by atoms with Crippen LogP contribution in [-0.4, -0.2) is 9.91 Å². The lowest BCUT2D eigenvalue weighted by Gasteiger charge is -1.98. The second kappa shape index (κ2) is 5.82. The summed E-state index contributed by atoms with van der Waals surface area (Å²) in [4.78, 5) is 14.5. The molecule has 0 aliphatic carbocycles. The van der Waals surface area contributed by atoms with Crippen molar-refractivity contribution in [2.45, 2.75) is 6.92 Å². The van der Waals surface area contributed by atoms with Crippen LogP contribution in [0.5, 0.6) is 0 Å². The van der Waals surface area contributed by atoms with Crippen molar-refractivity contribution in [3.8, 4) is 6.07 Å². The number of aryl methyl sites for hydroxylation is 1. The Labute approximate surface area is 123 Å². The third-order valence-corrected chi connectivity index (χ3v) is 3.76. The SMILES string of the molecule is Cc1csc(/C(C#N)=C\c2ccc(Cl)c([N+](=O)[O-])c2)n1. The van der Waals surface area contributed by atoms with E-state index in [-0.39, 0.29) is 10.7 Å². The second-order valence-corrected chi connectivity index (χ2v) is 5.20. The van der Waals surface area contributed by atoms with Crippen LogP contribution in [-0.2, 0) is 0 Å². The number of thiazole rings is 1. The van der Waals surface area contributed by atoms with Gasteiger partial charge in [-0.15, -0.1) is 11.3 Å². The largest absolute Gasteiger partial charge is 0.288 e. The minimum atomic E-state index is -0.556. The standard InChI is InChI=1S/C13H8ClN3O2S/c1-8-7-20-13(16-8)10(6-15)4-9-2-3-11(14)12(5-9)17(18)19/h2-5,7H,1H3/b10-4-. The maximum Gasteiger partial charge on any atom is 0.288 e. The lowest BCUT2D eigenvalue weighted by Crippen LogP contribution is -1.90. The highest BCUT2D eigenvalue weighted by atomic mass is 35.5. The molecule has 0 amide bonds. The fourth-order valence-electron chi connectivity index (χ4n) is 1.55. The van der Waals surface area contributed by atoms with E-state index in [0.717, 1.165) is 5.69 Å². The summed E-state index contributed by atoms with van der Waals surface area (Å²) in [6, 6.07) is 6.44. The summed E-state index contributed by atoms with van der Waals surface area (Å²) >= 11 is 7.10. The molecule has 20 heavy (non-hydrogen) atoms. The summed E-state index contributed by atoms with van der Waals surface area (Å²) in [6.45, 7) is 1.84. The van der Waals surface area contributed by atoms with Crippen LogP contribution in [0.2, 0.25) is 5.02 Å². The fourth-order valence-corrected chi connectivity index (χ4v) is 2.50. The number of nitriles is 1. The Morgan fingerprint density at radius 3 is 2.90 bits per heavy atom. The molecule has 0 bridgehead atoms. The molecule has 0 aliphatic heterocycles. The van der Waals surface area contributed by atoms with Gasteiger partial charge in [-0.25, -0.2) is 4.98 Å². The van der Waals surface area contributed by atoms with Gasteiger partial charge >= 0.3 is 0 Å². The molecule has 0 spiro atoms. The molecule has 0 N–H and O–H groups in total. The molecule has 0 atom stereocenters. The van der Waals surface area contributed by atoms with E-state index in [1.807, 2.05) is 18.4 Å². The summed E-state index contributed by atoms with van der Waals surface area (Å²) in [5, 5.41) is 22.5. The Bertz CT molecular complexity index is 746. The summed E-state index contributed by atoms with van der Waals surface area (Å²) in [7, 11) is 0. The van der Waals surface area contributed by atoms with E-state index in [1.165, 1.54) is 23.5 Å². The number of benzene rings is 1. The Kier molecular flexibility index (Phi) is 4.13. The topological polar surface area (TPSA) is 79.8 Å². The predicted molar refractivity (Wildman–Crippen MR) is 78.4 cm³/mol. The number of hydrogen-bond acceptors (Lipinski definition) is 5. The molecular formula is C13H8ClN3O2S. The lowest BCUT2D eigenvalue weighted by atomic mass is 10.1. The van der Waals surface area contributed by atoms with Gasteiger partial charge in [0.1, 0.15) is 16.1 Å². The van der Waals surface area contributed by atoms with Gasteiger partial charge in [0.2, 0.25) is 0 Å². The minimum absolute atomic E-state index is 0.0655. The summed E-state index contributed by atoms with van der Waals surface area (Å²) in [5.74, 6) is 0. The Morgan fingerprint density at radius 2 is 2.35 bits per heavy atom. The first kappa shape index (κ1) is 14.2. The molecule has 0 saturated carbocycles. The van der Waals surface area contributed by atoms with Gasteiger partial charge in [0.05, 0.1) is 10.5 Å². The smallest absolute Gasteiger partial charge is 0.258 e. The van der Waals surface area contributed by atoms with Gasteiger partial charge in [-0.3, -0.25) is 10.1 Å². The van der Waals surface area contributed by atoms with Gasteiger partial charge < -0.3 is 0 Å². The van der Waals surface area contributed by atoms with Crippen molar-refractivity contribution in [3.05, 3.63) is 55.0 Å². The first-order valence-corrected chi connectivity index (χ1v) is 6.75. The third kappa shape index (κ3) is 3.02. The van der Waals surface area contributed by atoms with Crippen LogP contribution in [0.15, 0.2) is 23.6 Å². The van der Waals surface area contributed by atoms with E-state index in [2.05, 4.69) is 4.98 Å². The first-order chi connectivity index (χ1) is 9.51. The van der Waals surface area contributed by atoms with E-state index in [9.17, 15) is 15.4 Å². The average Bonchev–Trinajstić information content (AvgIpc) is 2.84. The van der Waals surface area contributed by atoms with E-state index in [4.69, 9.17) is 11.6 Å². The zero-order valence-electron chi connectivity index (χ0n) is 10.3. The monoisotopic (exact) mass is 305 g/mol. The number of rotatable bonds is 3. The molecule has 7 heteroatoms. The molecule has 0 radical (unpaired) electrons. The lowest BCUT2D eigenvalue weighted by molar-refractivity contribution is -0.384. The molecular weight excluding hydrogens is 298 g/mol. The van der Waals surface area contributed by atoms with Crippen LogP contribution < -0.4 is 0 Å². The van der Waals surface area contributed by atoms with Crippen LogP contribution in [0.1, 0.15) is 16.3 Å². The number of halogens is 1. The molecule has 1 heterocycles. The number of nitro groups is 1. The molecule has 0 saturated heterocycles. The molecule has 100 valence electrons. The van der Waals surface area contributed by atoms with Crippen molar-refractivity contribution in [3.63, 3.8) is 0 Å². The van der Waals surface area contributed by atoms with Crippen LogP contribution in [0.25, 0.3) is 11.6 Å². The number of nitro benzene ring substituents is 1. The molecule has 5 nitrogen and oxygen atoms in total. The number of hydrogen-bond donors (Lipinski definition) is 0. The molecule has 0 fully saturated rings. The zero-order valence-corrected chi connectivity index (χ0v) is 11.9. The van der Waals surface area contributed by atoms with Crippen LogP contribution >= 0.6 is 22.9 Å². The predicted octanol–water partition coefficient (Wildman–Crippen LogP) is 4.08. The Hall–Kier alpha value is -2.23. The van der Waals surface area contributed by atoms with Crippen LogP contribution in [0, 0.1) is 28.4 Å². The quantitative estimate of drug-likeness (QED) is 0.486. The third-order valence-electron chi connectivity index (χ3n) is 2.45. The van der Waals surface area contributed by atoms with Crippen molar-refractivity contribution in [2.24, 2.45) is 0 Å². The summed E-state index contributed by atoms with van der Waals surface area (Å²) < 4.78 is 0. The molecule has 2 rings (SSSR count). The first-order valence-electron chi connectivity index (χ1n) is 5.49. The van der Waals surface area contributed by atoms with Gasteiger partial charge in [-0.1, -0.05) is 17.7 Å². The van der Waals surface area contributed by atoms with Crippen molar-refractivity contribution in [2.75, 3.05) is 0 Å². The molecule has 1 aromatic heterocycles. The van der Waals surface area contributed by atoms with Crippen molar-refractivity contribution >= 4 is 40.3 Å². The maximum atomic E-state index is 10.8. The highest BCUT2D eigenvalue weighted by Gasteiger charge is 2.13. The number of nitrogens with zero attached hydrogens (tertiary/aromatic N) is 3. The highest BCUT2D eigenvalue weighted by molar-refractivity contribution is 7.11. The summed E-state index contributed by atoms with van der Waals surface area (Å²) in [5.41, 5.74) is 1.53. The molecule has 0 aliphatic rings. The van der Waals surface area contributed by atoms with Gasteiger partial charge in [0.15, 0.2) is 0 Å². The molecule has 1 aromatic carbocycles. The van der Waals surface area contributed by atoms with Gasteiger partial charge in [0, 0.05) is 17.1 Å². The van der Waals surface area contributed by atoms with E-state index in [1.54, 1.807) is 12.1 Å². The van der Waals surface area contributed by atoms with Gasteiger partial charge in [0.25, 0.3) is 5.69 Å². The molecule has 0 unspecified atom stereocenters. The number of allylic oxidation sites excluding steroid dienone is 1. The highest BCUT2D eigenvalue weighted by Crippen LogP contribution is 2.28. The number of aromatic nitrogens is 1. The van der Waals surface area contributed by atoms with Crippen LogP contribution in [0.4, 0.5) is 5.69 Å². The van der Waals surface area contributed by atoms with E-state index in [0.29, 0.717) is 16.1 Å². The zero-order chi connectivity index (χ0) is 14.7. The van der Waals surface area contributed by atoms with E-state index >= 15 is 0 Å². The van der Waals surface area contributed by atoms with Crippen molar-refractivity contribution in [1.82, 2.24) is 4.98 Å².